The molecule has 0 unspecified atom stereocenters. The SMILES string of the molecule is CC(C)N(C)C(=O)NC[C@@H]1COC2(CCCCCC2)O1. The lowest BCUT2D eigenvalue weighted by molar-refractivity contribution is -0.175. The number of ether oxygens (including phenoxy) is 2. The molecule has 0 aromatic carbocycles. The third-order valence-corrected chi connectivity index (χ3v) is 4.35. The number of amides is 2. The highest BCUT2D eigenvalue weighted by Crippen LogP contribution is 2.36. The minimum Gasteiger partial charge on any atom is -0.347 e. The Hall–Kier alpha value is -0.810. The molecule has 1 atom stereocenters. The monoisotopic (exact) mass is 284 g/mol. The van der Waals surface area contributed by atoms with Gasteiger partial charge in [-0.2, -0.15) is 0 Å². The minimum atomic E-state index is -0.365. The second-order valence-corrected chi connectivity index (χ2v) is 6.27. The van der Waals surface area contributed by atoms with Crippen LogP contribution in [0.3, 0.4) is 0 Å². The first-order valence-corrected chi connectivity index (χ1v) is 7.85. The molecule has 2 fully saturated rings. The molecule has 2 rings (SSSR count). The lowest BCUT2D eigenvalue weighted by atomic mass is 10.1. The van der Waals surface area contributed by atoms with Crippen molar-refractivity contribution in [1.82, 2.24) is 10.2 Å². The number of nitrogens with one attached hydrogen (secondary N) is 1. The van der Waals surface area contributed by atoms with Crippen LogP contribution < -0.4 is 5.32 Å². The zero-order valence-electron chi connectivity index (χ0n) is 13.0. The predicted molar refractivity (Wildman–Crippen MR) is 77.6 cm³/mol. The van der Waals surface area contributed by atoms with Crippen molar-refractivity contribution in [2.75, 3.05) is 20.2 Å². The van der Waals surface area contributed by atoms with Crippen molar-refractivity contribution < 1.29 is 14.3 Å². The van der Waals surface area contributed by atoms with Gasteiger partial charge < -0.3 is 19.7 Å². The second kappa shape index (κ2) is 6.76. The van der Waals surface area contributed by atoms with Crippen molar-refractivity contribution in [3.63, 3.8) is 0 Å². The Kier molecular flexibility index (Phi) is 5.27. The molecule has 1 N–H and O–H groups in total. The van der Waals surface area contributed by atoms with E-state index in [-0.39, 0.29) is 24.0 Å². The summed E-state index contributed by atoms with van der Waals surface area (Å²) < 4.78 is 12.0. The van der Waals surface area contributed by atoms with Crippen molar-refractivity contribution in [2.45, 2.75) is 70.3 Å². The topological polar surface area (TPSA) is 50.8 Å². The summed E-state index contributed by atoms with van der Waals surface area (Å²) in [5.74, 6) is -0.365. The summed E-state index contributed by atoms with van der Waals surface area (Å²) >= 11 is 0. The van der Waals surface area contributed by atoms with Crippen LogP contribution >= 0.6 is 0 Å². The van der Waals surface area contributed by atoms with Crippen LogP contribution in [0, 0.1) is 0 Å². The van der Waals surface area contributed by atoms with Gasteiger partial charge in [0.15, 0.2) is 5.79 Å². The molecule has 1 saturated carbocycles. The molecule has 0 aromatic heterocycles. The van der Waals surface area contributed by atoms with Gasteiger partial charge in [-0.25, -0.2) is 4.79 Å². The van der Waals surface area contributed by atoms with Gasteiger partial charge in [-0.15, -0.1) is 0 Å². The molecule has 2 aliphatic rings. The van der Waals surface area contributed by atoms with E-state index in [4.69, 9.17) is 9.47 Å². The van der Waals surface area contributed by atoms with E-state index in [2.05, 4.69) is 5.32 Å². The summed E-state index contributed by atoms with van der Waals surface area (Å²) in [6, 6.07) is 0.148. The third-order valence-electron chi connectivity index (χ3n) is 4.35. The van der Waals surface area contributed by atoms with E-state index in [0.717, 1.165) is 12.8 Å². The first-order valence-electron chi connectivity index (χ1n) is 7.85. The van der Waals surface area contributed by atoms with E-state index in [9.17, 15) is 4.79 Å². The van der Waals surface area contributed by atoms with E-state index in [1.54, 1.807) is 11.9 Å². The Bertz CT molecular complexity index is 325. The van der Waals surface area contributed by atoms with E-state index < -0.39 is 0 Å². The number of hydrogen-bond donors (Lipinski definition) is 1. The highest BCUT2D eigenvalue weighted by molar-refractivity contribution is 5.74. The van der Waals surface area contributed by atoms with Crippen molar-refractivity contribution >= 4 is 6.03 Å². The van der Waals surface area contributed by atoms with Gasteiger partial charge in [-0.3, -0.25) is 0 Å². The van der Waals surface area contributed by atoms with E-state index >= 15 is 0 Å². The molecular formula is C15H28N2O3. The third kappa shape index (κ3) is 3.85. The summed E-state index contributed by atoms with van der Waals surface area (Å²) in [6.07, 6.45) is 6.86. The maximum atomic E-state index is 11.9. The molecule has 1 aliphatic carbocycles. The summed E-state index contributed by atoms with van der Waals surface area (Å²) in [7, 11) is 1.80. The lowest BCUT2D eigenvalue weighted by Crippen LogP contribution is -2.44. The van der Waals surface area contributed by atoms with Crippen molar-refractivity contribution in [3.05, 3.63) is 0 Å². The molecule has 1 aliphatic heterocycles. The molecular weight excluding hydrogens is 256 g/mol. The standard InChI is InChI=1S/C15H28N2O3/c1-12(2)17(3)14(18)16-10-13-11-19-15(20-13)8-6-4-5-7-9-15/h12-13H,4-11H2,1-3H3,(H,16,18)/t13-/m1/s1. The van der Waals surface area contributed by atoms with Crippen LogP contribution in [0.2, 0.25) is 0 Å². The van der Waals surface area contributed by atoms with E-state index in [1.807, 2.05) is 13.8 Å². The van der Waals surface area contributed by atoms with Gasteiger partial charge in [0, 0.05) is 32.5 Å². The molecule has 2 amide bonds. The highest BCUT2D eigenvalue weighted by Gasteiger charge is 2.41. The van der Waals surface area contributed by atoms with Gasteiger partial charge in [-0.1, -0.05) is 12.8 Å². The smallest absolute Gasteiger partial charge is 0.317 e. The lowest BCUT2D eigenvalue weighted by Gasteiger charge is -2.27. The van der Waals surface area contributed by atoms with Crippen LogP contribution in [0.5, 0.6) is 0 Å². The largest absolute Gasteiger partial charge is 0.347 e. The summed E-state index contributed by atoms with van der Waals surface area (Å²) in [4.78, 5) is 13.6. The van der Waals surface area contributed by atoms with E-state index in [0.29, 0.717) is 13.2 Å². The number of carbonyl (C=O) groups is 1. The van der Waals surface area contributed by atoms with Gasteiger partial charge in [0.1, 0.15) is 6.10 Å². The van der Waals surface area contributed by atoms with Crippen LogP contribution in [-0.2, 0) is 9.47 Å². The van der Waals surface area contributed by atoms with Crippen LogP contribution in [0.1, 0.15) is 52.4 Å². The predicted octanol–water partition coefficient (Wildman–Crippen LogP) is 2.50. The molecule has 5 heteroatoms. The summed E-state index contributed by atoms with van der Waals surface area (Å²) in [5, 5.41) is 2.93. The number of hydrogen-bond acceptors (Lipinski definition) is 3. The number of carbonyl (C=O) groups excluding carboxylic acids is 1. The number of urea groups is 1. The average molecular weight is 284 g/mol. The molecule has 5 nitrogen and oxygen atoms in total. The fraction of sp³-hybridized carbons (Fsp3) is 0.933. The molecule has 1 saturated heterocycles. The van der Waals surface area contributed by atoms with Crippen molar-refractivity contribution in [3.8, 4) is 0 Å². The Morgan fingerprint density at radius 3 is 2.55 bits per heavy atom. The zero-order chi connectivity index (χ0) is 14.6. The molecule has 0 radical (unpaired) electrons. The maximum Gasteiger partial charge on any atom is 0.317 e. The Morgan fingerprint density at radius 2 is 1.95 bits per heavy atom. The van der Waals surface area contributed by atoms with Gasteiger partial charge in [0.2, 0.25) is 0 Å². The minimum absolute atomic E-state index is 0.0161. The quantitative estimate of drug-likeness (QED) is 0.866. The van der Waals surface area contributed by atoms with Crippen LogP contribution in [-0.4, -0.2) is 49.1 Å². The highest BCUT2D eigenvalue weighted by atomic mass is 16.7. The Balaban J connectivity index is 1.77. The second-order valence-electron chi connectivity index (χ2n) is 6.27. The maximum absolute atomic E-state index is 11.9. The van der Waals surface area contributed by atoms with Gasteiger partial charge >= 0.3 is 6.03 Å². The summed E-state index contributed by atoms with van der Waals surface area (Å²) in [5.41, 5.74) is 0. The van der Waals surface area contributed by atoms with Gasteiger partial charge in [0.25, 0.3) is 0 Å². The molecule has 0 bridgehead atoms. The fourth-order valence-corrected chi connectivity index (χ4v) is 2.81. The molecule has 20 heavy (non-hydrogen) atoms. The Morgan fingerprint density at radius 1 is 1.30 bits per heavy atom. The summed E-state index contributed by atoms with van der Waals surface area (Å²) in [6.45, 7) is 5.11. The van der Waals surface area contributed by atoms with Gasteiger partial charge in [-0.05, 0) is 26.7 Å². The number of rotatable bonds is 3. The van der Waals surface area contributed by atoms with Crippen LogP contribution in [0.15, 0.2) is 0 Å². The first kappa shape index (κ1) is 15.6. The van der Waals surface area contributed by atoms with Crippen molar-refractivity contribution in [2.24, 2.45) is 0 Å². The van der Waals surface area contributed by atoms with Crippen LogP contribution in [0.4, 0.5) is 4.79 Å². The molecule has 1 spiro atoms. The van der Waals surface area contributed by atoms with E-state index in [1.165, 1.54) is 25.7 Å². The average Bonchev–Trinajstić information content (AvgIpc) is 2.67. The zero-order valence-corrected chi connectivity index (χ0v) is 13.0. The molecule has 0 aromatic rings. The fourth-order valence-electron chi connectivity index (χ4n) is 2.81. The normalized spacial score (nSPS) is 25.7. The van der Waals surface area contributed by atoms with Crippen LogP contribution in [0.25, 0.3) is 0 Å². The molecule has 1 heterocycles. The Labute approximate surface area is 122 Å². The number of nitrogens with zero attached hydrogens (tertiary/aromatic N) is 1. The first-order chi connectivity index (χ1) is 9.52. The molecule has 116 valence electrons. The van der Waals surface area contributed by atoms with Crippen molar-refractivity contribution in [1.29, 1.82) is 0 Å². The van der Waals surface area contributed by atoms with Gasteiger partial charge in [0.05, 0.1) is 6.61 Å².